The zero-order valence-corrected chi connectivity index (χ0v) is 15.5. The number of hydrogen-bond acceptors (Lipinski definition) is 5. The van der Waals surface area contributed by atoms with Crippen molar-refractivity contribution in [2.45, 2.75) is 38.6 Å². The number of benzene rings is 1. The molecule has 3 amide bonds. The number of rotatable bonds is 3. The minimum Gasteiger partial charge on any atom is -0.493 e. The summed E-state index contributed by atoms with van der Waals surface area (Å²) in [4.78, 5) is 26.0. The molecule has 1 aromatic carbocycles. The summed E-state index contributed by atoms with van der Waals surface area (Å²) in [5.74, 6) is 1.61. The molecule has 1 saturated heterocycles. The van der Waals surface area contributed by atoms with Crippen molar-refractivity contribution in [2.75, 3.05) is 38.2 Å². The monoisotopic (exact) mass is 375 g/mol. The Balaban J connectivity index is 1.37. The lowest BCUT2D eigenvalue weighted by Gasteiger charge is -2.31. The van der Waals surface area contributed by atoms with E-state index in [0.29, 0.717) is 45.8 Å². The molecule has 0 unspecified atom stereocenters. The van der Waals surface area contributed by atoms with Gasteiger partial charge in [0.2, 0.25) is 0 Å². The highest BCUT2D eigenvalue weighted by Crippen LogP contribution is 2.44. The molecule has 27 heavy (non-hydrogen) atoms. The summed E-state index contributed by atoms with van der Waals surface area (Å²) in [6, 6.07) is 1.80. The van der Waals surface area contributed by atoms with Crippen molar-refractivity contribution in [3.63, 3.8) is 0 Å². The minimum absolute atomic E-state index is 0.0256. The molecule has 0 atom stereocenters. The first kappa shape index (κ1) is 17.8. The first-order chi connectivity index (χ1) is 13.2. The average molecular weight is 375 g/mol. The van der Waals surface area contributed by atoms with E-state index >= 15 is 0 Å². The molecule has 3 aliphatic rings. The molecule has 3 heterocycles. The van der Waals surface area contributed by atoms with Gasteiger partial charge in [0, 0.05) is 43.1 Å². The van der Waals surface area contributed by atoms with Gasteiger partial charge in [0.25, 0.3) is 0 Å². The molecule has 0 aliphatic carbocycles. The standard InChI is InChI=1S/C19H25N3O5/c1-2-25-19(24)22-7-3-13(4-8-22)20-18(23)21-16-14-6-10-26-15(14)11-12-5-9-27-17(12)16/h11,13H,2-10H2,1H3,(H2,20,21,23). The van der Waals surface area contributed by atoms with Crippen LogP contribution >= 0.6 is 0 Å². The van der Waals surface area contributed by atoms with Gasteiger partial charge in [0.1, 0.15) is 11.5 Å². The number of nitrogens with zero attached hydrogens (tertiary/aromatic N) is 1. The second kappa shape index (κ2) is 7.54. The molecule has 1 fully saturated rings. The highest BCUT2D eigenvalue weighted by Gasteiger charge is 2.29. The number of likely N-dealkylation sites (tertiary alicyclic amines) is 1. The largest absolute Gasteiger partial charge is 0.493 e. The Morgan fingerprint density at radius 3 is 2.78 bits per heavy atom. The van der Waals surface area contributed by atoms with Crippen LogP contribution in [0.5, 0.6) is 11.5 Å². The number of anilines is 1. The molecule has 146 valence electrons. The average Bonchev–Trinajstić information content (AvgIpc) is 3.31. The fourth-order valence-electron chi connectivity index (χ4n) is 3.87. The predicted molar refractivity (Wildman–Crippen MR) is 98.6 cm³/mol. The van der Waals surface area contributed by atoms with Crippen LogP contribution in [0.25, 0.3) is 0 Å². The van der Waals surface area contributed by atoms with Gasteiger partial charge in [-0.15, -0.1) is 0 Å². The zero-order chi connectivity index (χ0) is 18.8. The lowest BCUT2D eigenvalue weighted by Crippen LogP contribution is -2.47. The fraction of sp³-hybridized carbons (Fsp3) is 0.579. The van der Waals surface area contributed by atoms with Crippen LogP contribution in [0, 0.1) is 0 Å². The normalized spacial score (nSPS) is 18.2. The SMILES string of the molecule is CCOC(=O)N1CCC(NC(=O)Nc2c3c(cc4c2OCC4)OCC3)CC1. The summed E-state index contributed by atoms with van der Waals surface area (Å²) in [6.07, 6.45) is 2.72. The van der Waals surface area contributed by atoms with E-state index in [4.69, 9.17) is 14.2 Å². The van der Waals surface area contributed by atoms with Crippen LogP contribution < -0.4 is 20.1 Å². The van der Waals surface area contributed by atoms with Crippen molar-refractivity contribution in [3.05, 3.63) is 17.2 Å². The molecule has 3 aliphatic heterocycles. The van der Waals surface area contributed by atoms with E-state index in [9.17, 15) is 9.59 Å². The number of ether oxygens (including phenoxy) is 3. The first-order valence-corrected chi connectivity index (χ1v) is 9.59. The van der Waals surface area contributed by atoms with Gasteiger partial charge in [-0.3, -0.25) is 0 Å². The molecule has 8 heteroatoms. The number of urea groups is 1. The van der Waals surface area contributed by atoms with Crippen LogP contribution in [-0.2, 0) is 17.6 Å². The molecule has 0 radical (unpaired) electrons. The molecule has 0 saturated carbocycles. The molecule has 8 nitrogen and oxygen atoms in total. The number of carbonyl (C=O) groups excluding carboxylic acids is 2. The third-order valence-corrected chi connectivity index (χ3v) is 5.25. The maximum absolute atomic E-state index is 12.6. The molecule has 1 aromatic rings. The molecule has 0 bridgehead atoms. The van der Waals surface area contributed by atoms with Crippen LogP contribution in [0.15, 0.2) is 6.07 Å². The Morgan fingerprint density at radius 1 is 1.22 bits per heavy atom. The molecule has 0 aromatic heterocycles. The lowest BCUT2D eigenvalue weighted by atomic mass is 10.0. The molecular formula is C19H25N3O5. The zero-order valence-electron chi connectivity index (χ0n) is 15.5. The van der Waals surface area contributed by atoms with Gasteiger partial charge >= 0.3 is 12.1 Å². The van der Waals surface area contributed by atoms with Gasteiger partial charge in [-0.25, -0.2) is 9.59 Å². The Kier molecular flexibility index (Phi) is 4.96. The van der Waals surface area contributed by atoms with Crippen molar-refractivity contribution in [2.24, 2.45) is 0 Å². The Bertz CT molecular complexity index is 711. The fourth-order valence-corrected chi connectivity index (χ4v) is 3.87. The second-order valence-electron chi connectivity index (χ2n) is 6.97. The van der Waals surface area contributed by atoms with Gasteiger partial charge in [0.05, 0.1) is 25.5 Å². The number of piperidine rings is 1. The number of nitrogens with one attached hydrogen (secondary N) is 2. The van der Waals surface area contributed by atoms with Crippen LogP contribution in [0.1, 0.15) is 30.9 Å². The van der Waals surface area contributed by atoms with Gasteiger partial charge in [-0.2, -0.15) is 0 Å². The highest BCUT2D eigenvalue weighted by atomic mass is 16.6. The Morgan fingerprint density at radius 2 is 2.00 bits per heavy atom. The maximum atomic E-state index is 12.6. The number of carbonyl (C=O) groups is 2. The molecular weight excluding hydrogens is 350 g/mol. The highest BCUT2D eigenvalue weighted by molar-refractivity contribution is 5.93. The van der Waals surface area contributed by atoms with Crippen molar-refractivity contribution in [1.29, 1.82) is 0 Å². The van der Waals surface area contributed by atoms with E-state index in [1.165, 1.54) is 0 Å². The summed E-state index contributed by atoms with van der Waals surface area (Å²) in [6.45, 7) is 4.58. The number of amides is 3. The number of hydrogen-bond donors (Lipinski definition) is 2. The third-order valence-electron chi connectivity index (χ3n) is 5.25. The summed E-state index contributed by atoms with van der Waals surface area (Å²) in [5, 5.41) is 6.00. The summed E-state index contributed by atoms with van der Waals surface area (Å²) < 4.78 is 16.4. The molecule has 4 rings (SSSR count). The smallest absolute Gasteiger partial charge is 0.409 e. The summed E-state index contributed by atoms with van der Waals surface area (Å²) in [5.41, 5.74) is 2.82. The molecule has 2 N–H and O–H groups in total. The van der Waals surface area contributed by atoms with Crippen LogP contribution in [0.4, 0.5) is 15.3 Å². The number of fused-ring (bicyclic) bond motifs is 2. The van der Waals surface area contributed by atoms with E-state index in [2.05, 4.69) is 10.6 Å². The summed E-state index contributed by atoms with van der Waals surface area (Å²) in [7, 11) is 0. The predicted octanol–water partition coefficient (Wildman–Crippen LogP) is 2.30. The van der Waals surface area contributed by atoms with E-state index in [1.807, 2.05) is 6.07 Å². The Labute approximate surface area is 158 Å². The van der Waals surface area contributed by atoms with Crippen LogP contribution in [-0.4, -0.2) is 56.0 Å². The van der Waals surface area contributed by atoms with Gasteiger partial charge in [-0.1, -0.05) is 0 Å². The van der Waals surface area contributed by atoms with E-state index in [1.54, 1.807) is 11.8 Å². The van der Waals surface area contributed by atoms with Crippen LogP contribution in [0.3, 0.4) is 0 Å². The van der Waals surface area contributed by atoms with E-state index < -0.39 is 0 Å². The second-order valence-corrected chi connectivity index (χ2v) is 6.97. The minimum atomic E-state index is -0.284. The van der Waals surface area contributed by atoms with E-state index in [0.717, 1.165) is 41.2 Å². The van der Waals surface area contributed by atoms with Crippen LogP contribution in [0.2, 0.25) is 0 Å². The Hall–Kier alpha value is -2.64. The van der Waals surface area contributed by atoms with Gasteiger partial charge < -0.3 is 29.7 Å². The lowest BCUT2D eigenvalue weighted by molar-refractivity contribution is 0.0959. The maximum Gasteiger partial charge on any atom is 0.409 e. The van der Waals surface area contributed by atoms with Crippen molar-refractivity contribution >= 4 is 17.8 Å². The first-order valence-electron chi connectivity index (χ1n) is 9.59. The summed E-state index contributed by atoms with van der Waals surface area (Å²) >= 11 is 0. The van der Waals surface area contributed by atoms with Gasteiger partial charge in [-0.05, 0) is 25.8 Å². The topological polar surface area (TPSA) is 89.1 Å². The quantitative estimate of drug-likeness (QED) is 0.846. The third kappa shape index (κ3) is 3.61. The van der Waals surface area contributed by atoms with E-state index in [-0.39, 0.29) is 18.2 Å². The van der Waals surface area contributed by atoms with Crippen molar-refractivity contribution in [1.82, 2.24) is 10.2 Å². The van der Waals surface area contributed by atoms with Crippen molar-refractivity contribution in [3.8, 4) is 11.5 Å². The molecule has 0 spiro atoms. The van der Waals surface area contributed by atoms with Crippen molar-refractivity contribution < 1.29 is 23.8 Å². The van der Waals surface area contributed by atoms with Gasteiger partial charge in [0.15, 0.2) is 0 Å².